The van der Waals surface area contributed by atoms with Crippen molar-refractivity contribution in [3.63, 3.8) is 0 Å². The molecule has 0 spiro atoms. The normalized spacial score (nSPS) is 26.5. The Kier molecular flexibility index (Phi) is 7.73. The number of aliphatic hydroxyl groups excluding tert-OH is 1. The van der Waals surface area contributed by atoms with Crippen molar-refractivity contribution in [2.45, 2.75) is 50.8 Å². The number of ether oxygens (including phenoxy) is 1. The molecule has 0 aromatic carbocycles. The summed E-state index contributed by atoms with van der Waals surface area (Å²) in [4.78, 5) is 8.77. The van der Waals surface area contributed by atoms with E-state index in [2.05, 4.69) is 40.0 Å². The van der Waals surface area contributed by atoms with E-state index in [4.69, 9.17) is 9.73 Å². The van der Waals surface area contributed by atoms with Gasteiger partial charge in [0.1, 0.15) is 0 Å². The van der Waals surface area contributed by atoms with E-state index in [9.17, 15) is 5.11 Å². The molecule has 1 aromatic rings. The highest BCUT2D eigenvalue weighted by Gasteiger charge is 2.24. The Morgan fingerprint density at radius 3 is 2.77 bits per heavy atom. The summed E-state index contributed by atoms with van der Waals surface area (Å²) < 4.78 is 5.52. The first kappa shape index (κ1) is 19.6. The third-order valence-corrected chi connectivity index (χ3v) is 6.14. The van der Waals surface area contributed by atoms with Crippen LogP contribution >= 0.6 is 11.3 Å². The van der Waals surface area contributed by atoms with E-state index in [0.29, 0.717) is 12.1 Å². The van der Waals surface area contributed by atoms with Gasteiger partial charge >= 0.3 is 0 Å². The van der Waals surface area contributed by atoms with Crippen LogP contribution in [0.1, 0.15) is 43.5 Å². The minimum atomic E-state index is -0.128. The first-order valence-corrected chi connectivity index (χ1v) is 10.7. The Labute approximate surface area is 160 Å². The fraction of sp³-hybridized carbons (Fsp3) is 0.737. The van der Waals surface area contributed by atoms with E-state index in [1.807, 2.05) is 0 Å². The molecule has 3 rings (SSSR count). The summed E-state index contributed by atoms with van der Waals surface area (Å²) in [5.41, 5.74) is 0. The van der Waals surface area contributed by atoms with E-state index >= 15 is 0 Å². The van der Waals surface area contributed by atoms with Crippen molar-refractivity contribution >= 4 is 17.3 Å². The van der Waals surface area contributed by atoms with Crippen LogP contribution in [0.2, 0.25) is 0 Å². The lowest BCUT2D eigenvalue weighted by Crippen LogP contribution is -2.46. The van der Waals surface area contributed by atoms with Crippen molar-refractivity contribution < 1.29 is 9.84 Å². The molecule has 1 aliphatic heterocycles. The maximum Gasteiger partial charge on any atom is 0.191 e. The predicted molar refractivity (Wildman–Crippen MR) is 107 cm³/mol. The van der Waals surface area contributed by atoms with Crippen molar-refractivity contribution in [1.82, 2.24) is 15.5 Å². The maximum atomic E-state index is 9.70. The first-order valence-electron chi connectivity index (χ1n) is 9.84. The van der Waals surface area contributed by atoms with Crippen molar-refractivity contribution in [3.05, 3.63) is 22.4 Å². The maximum absolute atomic E-state index is 9.70. The standard InChI is InChI=1S/C19H32N4O2S/c1-2-20-19(22-15-5-7-16(24)8-6-15)21-14-17(18-4-3-13-26-18)23-9-11-25-12-10-23/h3-4,13,15-17,24H,2,5-12,14H2,1H3,(H2,20,21,22). The Bertz CT molecular complexity index is 538. The predicted octanol–water partition coefficient (Wildman–Crippen LogP) is 1.98. The van der Waals surface area contributed by atoms with E-state index < -0.39 is 0 Å². The second-order valence-electron chi connectivity index (χ2n) is 7.05. The third-order valence-electron chi connectivity index (χ3n) is 5.16. The summed E-state index contributed by atoms with van der Waals surface area (Å²) in [6.07, 6.45) is 3.63. The van der Waals surface area contributed by atoms with Crippen LogP contribution in [0.5, 0.6) is 0 Å². The number of hydrogen-bond donors (Lipinski definition) is 3. The van der Waals surface area contributed by atoms with Crippen molar-refractivity contribution in [2.75, 3.05) is 39.4 Å². The molecule has 0 bridgehead atoms. The Balaban J connectivity index is 1.64. The van der Waals surface area contributed by atoms with Gasteiger partial charge in [-0.3, -0.25) is 9.89 Å². The number of morpholine rings is 1. The van der Waals surface area contributed by atoms with Gasteiger partial charge in [-0.25, -0.2) is 0 Å². The van der Waals surface area contributed by atoms with Gasteiger partial charge in [0.15, 0.2) is 5.96 Å². The molecule has 2 fully saturated rings. The van der Waals surface area contributed by atoms with Crippen LogP contribution in [0.4, 0.5) is 0 Å². The minimum absolute atomic E-state index is 0.128. The molecule has 1 aromatic heterocycles. The highest BCUT2D eigenvalue weighted by molar-refractivity contribution is 7.10. The number of thiophene rings is 1. The topological polar surface area (TPSA) is 69.1 Å². The van der Waals surface area contributed by atoms with E-state index in [-0.39, 0.29) is 6.10 Å². The summed E-state index contributed by atoms with van der Waals surface area (Å²) in [6.45, 7) is 7.21. The molecule has 0 amide bonds. The average Bonchev–Trinajstić information content (AvgIpc) is 3.19. The molecule has 1 aliphatic carbocycles. The number of guanidine groups is 1. The molecule has 146 valence electrons. The number of nitrogens with zero attached hydrogens (tertiary/aromatic N) is 2. The number of nitrogens with one attached hydrogen (secondary N) is 2. The highest BCUT2D eigenvalue weighted by Crippen LogP contribution is 2.26. The molecule has 6 nitrogen and oxygen atoms in total. The van der Waals surface area contributed by atoms with Gasteiger partial charge in [-0.1, -0.05) is 6.07 Å². The van der Waals surface area contributed by atoms with Gasteiger partial charge in [0.2, 0.25) is 0 Å². The molecule has 2 aliphatic rings. The molecular weight excluding hydrogens is 348 g/mol. The largest absolute Gasteiger partial charge is 0.393 e. The molecule has 1 atom stereocenters. The SMILES string of the molecule is CCNC(=NCC(c1cccs1)N1CCOCC1)NC1CCC(O)CC1. The lowest BCUT2D eigenvalue weighted by atomic mass is 9.93. The Hall–Kier alpha value is -1.15. The summed E-state index contributed by atoms with van der Waals surface area (Å²) in [5.74, 6) is 0.892. The van der Waals surface area contributed by atoms with Crippen molar-refractivity contribution in [2.24, 2.45) is 4.99 Å². The zero-order valence-corrected chi connectivity index (χ0v) is 16.5. The van der Waals surface area contributed by atoms with Crippen molar-refractivity contribution in [1.29, 1.82) is 0 Å². The van der Waals surface area contributed by atoms with Crippen molar-refractivity contribution in [3.8, 4) is 0 Å². The first-order chi connectivity index (χ1) is 12.8. The molecule has 0 radical (unpaired) electrons. The van der Waals surface area contributed by atoms with E-state index in [1.54, 1.807) is 11.3 Å². The number of rotatable bonds is 6. The minimum Gasteiger partial charge on any atom is -0.393 e. The number of aliphatic imine (C=N–C) groups is 1. The Morgan fingerprint density at radius 2 is 2.12 bits per heavy atom. The van der Waals surface area contributed by atoms with Crippen LogP contribution in [0.3, 0.4) is 0 Å². The fourth-order valence-electron chi connectivity index (χ4n) is 3.67. The van der Waals surface area contributed by atoms with Gasteiger partial charge in [0, 0.05) is 30.6 Å². The summed E-state index contributed by atoms with van der Waals surface area (Å²) >= 11 is 1.81. The van der Waals surface area contributed by atoms with Gasteiger partial charge < -0.3 is 20.5 Å². The van der Waals surface area contributed by atoms with Gasteiger partial charge in [-0.2, -0.15) is 0 Å². The van der Waals surface area contributed by atoms with Gasteiger partial charge in [-0.15, -0.1) is 11.3 Å². The van der Waals surface area contributed by atoms with Crippen LogP contribution in [0, 0.1) is 0 Å². The molecule has 26 heavy (non-hydrogen) atoms. The van der Waals surface area contributed by atoms with Crippen LogP contribution in [0.15, 0.2) is 22.5 Å². The quantitative estimate of drug-likeness (QED) is 0.520. The number of hydrogen-bond acceptors (Lipinski definition) is 5. The molecule has 1 saturated carbocycles. The zero-order chi connectivity index (χ0) is 18.2. The fourth-order valence-corrected chi connectivity index (χ4v) is 4.52. The van der Waals surface area contributed by atoms with Gasteiger partial charge in [-0.05, 0) is 44.1 Å². The van der Waals surface area contributed by atoms with Crippen LogP contribution in [-0.4, -0.2) is 67.5 Å². The lowest BCUT2D eigenvalue weighted by molar-refractivity contribution is 0.0186. The summed E-state index contributed by atoms with van der Waals surface area (Å²) in [5, 5.41) is 18.8. The molecule has 1 saturated heterocycles. The Morgan fingerprint density at radius 1 is 1.35 bits per heavy atom. The van der Waals surface area contributed by atoms with Crippen LogP contribution < -0.4 is 10.6 Å². The second-order valence-corrected chi connectivity index (χ2v) is 8.03. The van der Waals surface area contributed by atoms with Gasteiger partial charge in [0.25, 0.3) is 0 Å². The van der Waals surface area contributed by atoms with Crippen LogP contribution in [0.25, 0.3) is 0 Å². The highest BCUT2D eigenvalue weighted by atomic mass is 32.1. The summed E-state index contributed by atoms with van der Waals surface area (Å²) in [7, 11) is 0. The summed E-state index contributed by atoms with van der Waals surface area (Å²) in [6, 6.07) is 5.04. The second kappa shape index (κ2) is 10.3. The lowest BCUT2D eigenvalue weighted by Gasteiger charge is -2.33. The zero-order valence-electron chi connectivity index (χ0n) is 15.7. The van der Waals surface area contributed by atoms with Gasteiger partial charge in [0.05, 0.1) is 31.9 Å². The van der Waals surface area contributed by atoms with Crippen LogP contribution in [-0.2, 0) is 4.74 Å². The molecule has 1 unspecified atom stereocenters. The van der Waals surface area contributed by atoms with E-state index in [0.717, 1.165) is 71.0 Å². The molecule has 7 heteroatoms. The molecule has 3 N–H and O–H groups in total. The third kappa shape index (κ3) is 5.67. The number of aliphatic hydroxyl groups is 1. The monoisotopic (exact) mass is 380 g/mol. The molecule has 2 heterocycles. The molecular formula is C19H32N4O2S. The average molecular weight is 381 g/mol. The van der Waals surface area contributed by atoms with E-state index in [1.165, 1.54) is 4.88 Å². The smallest absolute Gasteiger partial charge is 0.191 e.